The number of hydrogen-bond acceptors (Lipinski definition) is 5. The summed E-state index contributed by atoms with van der Waals surface area (Å²) in [5.74, 6) is 0.637. The van der Waals surface area contributed by atoms with Crippen LogP contribution in [0.1, 0.15) is 43.7 Å². The first kappa shape index (κ1) is 13.0. The molecule has 0 aromatic carbocycles. The molecule has 0 bridgehead atoms. The van der Waals surface area contributed by atoms with E-state index in [4.69, 9.17) is 0 Å². The Kier molecular flexibility index (Phi) is 3.25. The first-order valence-electron chi connectivity index (χ1n) is 7.95. The van der Waals surface area contributed by atoms with Gasteiger partial charge in [-0.2, -0.15) is 9.61 Å². The molecule has 2 aromatic rings. The maximum Gasteiger partial charge on any atom is 0.200 e. The summed E-state index contributed by atoms with van der Waals surface area (Å²) in [4.78, 5) is 2.41. The van der Waals surface area contributed by atoms with Crippen molar-refractivity contribution in [1.82, 2.24) is 24.7 Å². The molecular formula is C15H22N6. The minimum atomic E-state index is 0.518. The second kappa shape index (κ2) is 5.26. The highest BCUT2D eigenvalue weighted by atomic mass is 15.3. The molecule has 1 aliphatic carbocycles. The predicted molar refractivity (Wildman–Crippen MR) is 81.5 cm³/mol. The van der Waals surface area contributed by atoms with Crippen molar-refractivity contribution in [2.75, 3.05) is 25.5 Å². The fourth-order valence-corrected chi connectivity index (χ4v) is 3.14. The lowest BCUT2D eigenvalue weighted by molar-refractivity contribution is 0.348. The van der Waals surface area contributed by atoms with Crippen LogP contribution in [-0.2, 0) is 0 Å². The van der Waals surface area contributed by atoms with Crippen LogP contribution in [-0.4, -0.2) is 50.9 Å². The third kappa shape index (κ3) is 2.72. The Morgan fingerprint density at radius 2 is 2.10 bits per heavy atom. The maximum atomic E-state index is 4.62. The molecule has 0 radical (unpaired) electrons. The minimum Gasteiger partial charge on any atom is -0.379 e. The van der Waals surface area contributed by atoms with Crippen LogP contribution in [0, 0.1) is 0 Å². The van der Waals surface area contributed by atoms with Gasteiger partial charge in [-0.05, 0) is 58.3 Å². The summed E-state index contributed by atoms with van der Waals surface area (Å²) in [5, 5.41) is 16.6. The fourth-order valence-electron chi connectivity index (χ4n) is 3.14. The highest BCUT2D eigenvalue weighted by molar-refractivity contribution is 5.67. The van der Waals surface area contributed by atoms with Crippen LogP contribution in [0.25, 0.3) is 5.65 Å². The van der Waals surface area contributed by atoms with Crippen molar-refractivity contribution >= 4 is 11.3 Å². The number of aromatic nitrogens is 4. The van der Waals surface area contributed by atoms with Crippen LogP contribution < -0.4 is 5.32 Å². The van der Waals surface area contributed by atoms with E-state index >= 15 is 0 Å². The van der Waals surface area contributed by atoms with Gasteiger partial charge < -0.3 is 10.2 Å². The van der Waals surface area contributed by atoms with Crippen molar-refractivity contribution in [2.24, 2.45) is 0 Å². The molecule has 1 aliphatic heterocycles. The van der Waals surface area contributed by atoms with Crippen molar-refractivity contribution in [3.05, 3.63) is 18.1 Å². The quantitative estimate of drug-likeness (QED) is 0.934. The molecule has 112 valence electrons. The normalized spacial score (nSPS) is 24.1. The molecule has 1 saturated carbocycles. The fraction of sp³-hybridized carbons (Fsp3) is 0.667. The first-order valence-corrected chi connectivity index (χ1v) is 7.95. The largest absolute Gasteiger partial charge is 0.379 e. The van der Waals surface area contributed by atoms with Gasteiger partial charge in [-0.3, -0.25) is 0 Å². The van der Waals surface area contributed by atoms with E-state index in [1.807, 2.05) is 4.52 Å². The zero-order valence-electron chi connectivity index (χ0n) is 12.5. The van der Waals surface area contributed by atoms with Crippen molar-refractivity contribution < 1.29 is 0 Å². The predicted octanol–water partition coefficient (Wildman–Crippen LogP) is 1.90. The van der Waals surface area contributed by atoms with E-state index in [0.29, 0.717) is 12.0 Å². The summed E-state index contributed by atoms with van der Waals surface area (Å²) in [6.07, 6.45) is 7.86. The third-order valence-corrected chi connectivity index (χ3v) is 4.59. The molecular weight excluding hydrogens is 264 g/mol. The van der Waals surface area contributed by atoms with Crippen molar-refractivity contribution in [2.45, 2.75) is 44.1 Å². The van der Waals surface area contributed by atoms with Crippen LogP contribution in [0.15, 0.2) is 12.4 Å². The molecule has 0 amide bonds. The second-order valence-corrected chi connectivity index (χ2v) is 6.43. The maximum absolute atomic E-state index is 4.62. The smallest absolute Gasteiger partial charge is 0.200 e. The molecule has 0 spiro atoms. The van der Waals surface area contributed by atoms with Crippen molar-refractivity contribution in [1.29, 1.82) is 0 Å². The van der Waals surface area contributed by atoms with Gasteiger partial charge >= 0.3 is 0 Å². The van der Waals surface area contributed by atoms with Crippen molar-refractivity contribution in [3.63, 3.8) is 0 Å². The van der Waals surface area contributed by atoms with Gasteiger partial charge in [0.1, 0.15) is 6.33 Å². The molecule has 3 heterocycles. The molecule has 1 atom stereocenters. The molecule has 6 nitrogen and oxygen atoms in total. The van der Waals surface area contributed by atoms with E-state index in [9.17, 15) is 0 Å². The van der Waals surface area contributed by atoms with E-state index in [1.54, 1.807) is 6.33 Å². The average molecular weight is 286 g/mol. The van der Waals surface area contributed by atoms with Gasteiger partial charge in [-0.1, -0.05) is 0 Å². The number of anilines is 1. The molecule has 21 heavy (non-hydrogen) atoms. The number of hydrogen-bond donors (Lipinski definition) is 1. The Morgan fingerprint density at radius 1 is 1.19 bits per heavy atom. The van der Waals surface area contributed by atoms with E-state index in [2.05, 4.69) is 38.6 Å². The summed E-state index contributed by atoms with van der Waals surface area (Å²) in [5.41, 5.74) is 3.12. The van der Waals surface area contributed by atoms with Gasteiger partial charge in [0.15, 0.2) is 0 Å². The van der Waals surface area contributed by atoms with Crippen LogP contribution in [0.5, 0.6) is 0 Å². The molecule has 2 aliphatic rings. The molecule has 2 aromatic heterocycles. The van der Waals surface area contributed by atoms with Gasteiger partial charge in [0, 0.05) is 12.0 Å². The van der Waals surface area contributed by atoms with E-state index < -0.39 is 0 Å². The molecule has 6 heteroatoms. The van der Waals surface area contributed by atoms with Gasteiger partial charge in [0.05, 0.1) is 11.4 Å². The zero-order valence-corrected chi connectivity index (χ0v) is 12.5. The average Bonchev–Trinajstić information content (AvgIpc) is 3.25. The van der Waals surface area contributed by atoms with Crippen LogP contribution in [0.4, 0.5) is 5.69 Å². The Labute approximate surface area is 124 Å². The topological polar surface area (TPSA) is 58.4 Å². The third-order valence-electron chi connectivity index (χ3n) is 4.59. The van der Waals surface area contributed by atoms with E-state index in [0.717, 1.165) is 17.9 Å². The molecule has 4 rings (SSSR count). The standard InChI is InChI=1S/C15H22N6/c1-20-7-2-3-12(6-8-20)17-14-9-13(11-4-5-11)19-21-10-16-18-15(14)21/h9-12,17H,2-8H2,1H3. The van der Waals surface area contributed by atoms with Gasteiger partial charge in [-0.25, -0.2) is 0 Å². The summed E-state index contributed by atoms with van der Waals surface area (Å²) >= 11 is 0. The van der Waals surface area contributed by atoms with Crippen LogP contribution >= 0.6 is 0 Å². The van der Waals surface area contributed by atoms with Gasteiger partial charge in [-0.15, -0.1) is 10.2 Å². The SMILES string of the molecule is CN1CCCC(Nc2cc(C3CC3)nn3cnnc23)CC1. The molecule has 1 saturated heterocycles. The lowest BCUT2D eigenvalue weighted by Crippen LogP contribution is -2.23. The first-order chi connectivity index (χ1) is 10.3. The minimum absolute atomic E-state index is 0.518. The highest BCUT2D eigenvalue weighted by Gasteiger charge is 2.27. The van der Waals surface area contributed by atoms with Crippen LogP contribution in [0.3, 0.4) is 0 Å². The summed E-state index contributed by atoms with van der Waals surface area (Å²) in [6.45, 7) is 2.35. The van der Waals surface area contributed by atoms with Gasteiger partial charge in [0.25, 0.3) is 0 Å². The highest BCUT2D eigenvalue weighted by Crippen LogP contribution is 2.40. The number of nitrogens with zero attached hydrogens (tertiary/aromatic N) is 5. The number of fused-ring (bicyclic) bond motifs is 1. The Bertz CT molecular complexity index is 632. The summed E-state index contributed by atoms with van der Waals surface area (Å²) in [7, 11) is 2.21. The lowest BCUT2D eigenvalue weighted by Gasteiger charge is -2.18. The van der Waals surface area contributed by atoms with Crippen molar-refractivity contribution in [3.8, 4) is 0 Å². The number of nitrogens with one attached hydrogen (secondary N) is 1. The van der Waals surface area contributed by atoms with E-state index in [1.165, 1.54) is 44.3 Å². The summed E-state index contributed by atoms with van der Waals surface area (Å²) in [6, 6.07) is 2.71. The Hall–Kier alpha value is -1.69. The second-order valence-electron chi connectivity index (χ2n) is 6.43. The molecule has 1 unspecified atom stereocenters. The molecule has 2 fully saturated rings. The van der Waals surface area contributed by atoms with Gasteiger partial charge in [0.2, 0.25) is 5.65 Å². The lowest BCUT2D eigenvalue weighted by atomic mass is 10.1. The number of rotatable bonds is 3. The Balaban J connectivity index is 1.61. The molecule has 1 N–H and O–H groups in total. The zero-order chi connectivity index (χ0) is 14.2. The number of likely N-dealkylation sites (tertiary alicyclic amines) is 1. The van der Waals surface area contributed by atoms with Crippen LogP contribution in [0.2, 0.25) is 0 Å². The van der Waals surface area contributed by atoms with E-state index in [-0.39, 0.29) is 0 Å². The summed E-state index contributed by atoms with van der Waals surface area (Å²) < 4.78 is 1.82. The monoisotopic (exact) mass is 286 g/mol. The Morgan fingerprint density at radius 3 is 2.95 bits per heavy atom.